The number of hydrogen-bond acceptors (Lipinski definition) is 4. The SMILES string of the molecule is NC(=O)c1ccc(NC(=O)CN2CCN(c3cccc(C(F)(F)F)c3)CC2)cc1. The summed E-state index contributed by atoms with van der Waals surface area (Å²) in [6.45, 7) is 2.35. The Labute approximate surface area is 166 Å². The lowest BCUT2D eigenvalue weighted by atomic mass is 10.1. The molecule has 2 aromatic rings. The Morgan fingerprint density at radius 1 is 1.00 bits per heavy atom. The summed E-state index contributed by atoms with van der Waals surface area (Å²) in [7, 11) is 0. The van der Waals surface area contributed by atoms with E-state index in [1.807, 2.05) is 9.80 Å². The summed E-state index contributed by atoms with van der Waals surface area (Å²) in [5.74, 6) is -0.745. The molecule has 3 rings (SSSR count). The minimum atomic E-state index is -4.37. The number of carbonyl (C=O) groups excluding carboxylic acids is 2. The highest BCUT2D eigenvalue weighted by molar-refractivity contribution is 5.95. The number of rotatable bonds is 5. The third-order valence-electron chi connectivity index (χ3n) is 4.73. The molecule has 0 unspecified atom stereocenters. The number of benzene rings is 2. The van der Waals surface area contributed by atoms with Crippen LogP contribution in [0.1, 0.15) is 15.9 Å². The zero-order chi connectivity index (χ0) is 21.0. The van der Waals surface area contributed by atoms with E-state index < -0.39 is 17.6 Å². The van der Waals surface area contributed by atoms with Crippen LogP contribution in [0.3, 0.4) is 0 Å². The predicted octanol–water partition coefficient (Wildman–Crippen LogP) is 2.57. The van der Waals surface area contributed by atoms with Gasteiger partial charge in [-0.1, -0.05) is 6.07 Å². The second-order valence-corrected chi connectivity index (χ2v) is 6.80. The zero-order valence-corrected chi connectivity index (χ0v) is 15.6. The highest BCUT2D eigenvalue weighted by Crippen LogP contribution is 2.31. The van der Waals surface area contributed by atoms with Gasteiger partial charge in [0.2, 0.25) is 11.8 Å². The number of alkyl halides is 3. The fraction of sp³-hybridized carbons (Fsp3) is 0.300. The number of nitrogens with two attached hydrogens (primary N) is 1. The molecular weight excluding hydrogens is 385 g/mol. The molecular formula is C20H21F3N4O2. The van der Waals surface area contributed by atoms with Crippen molar-refractivity contribution in [2.75, 3.05) is 42.9 Å². The number of carbonyl (C=O) groups is 2. The summed E-state index contributed by atoms with van der Waals surface area (Å²) in [5.41, 5.74) is 5.95. The van der Waals surface area contributed by atoms with Gasteiger partial charge in [0.1, 0.15) is 0 Å². The molecule has 0 atom stereocenters. The van der Waals surface area contributed by atoms with Crippen molar-refractivity contribution < 1.29 is 22.8 Å². The lowest BCUT2D eigenvalue weighted by Gasteiger charge is -2.36. The molecule has 0 saturated carbocycles. The van der Waals surface area contributed by atoms with E-state index in [1.165, 1.54) is 18.2 Å². The molecule has 1 aliphatic heterocycles. The summed E-state index contributed by atoms with van der Waals surface area (Å²) < 4.78 is 38.7. The Kier molecular flexibility index (Phi) is 6.07. The maximum atomic E-state index is 12.9. The van der Waals surface area contributed by atoms with Gasteiger partial charge >= 0.3 is 6.18 Å². The molecule has 1 saturated heterocycles. The van der Waals surface area contributed by atoms with Crippen molar-refractivity contribution in [1.29, 1.82) is 0 Å². The molecule has 2 aromatic carbocycles. The summed E-state index contributed by atoms with van der Waals surface area (Å²) in [6, 6.07) is 11.5. The van der Waals surface area contributed by atoms with Crippen molar-refractivity contribution in [1.82, 2.24) is 4.90 Å². The molecule has 0 aromatic heterocycles. The lowest BCUT2D eigenvalue weighted by Crippen LogP contribution is -2.48. The van der Waals surface area contributed by atoms with E-state index in [9.17, 15) is 22.8 Å². The molecule has 6 nitrogen and oxygen atoms in total. The van der Waals surface area contributed by atoms with Crippen LogP contribution in [0.5, 0.6) is 0 Å². The van der Waals surface area contributed by atoms with Crippen LogP contribution in [-0.4, -0.2) is 49.4 Å². The van der Waals surface area contributed by atoms with E-state index in [2.05, 4.69) is 5.32 Å². The Hall–Kier alpha value is -3.07. The molecule has 0 bridgehead atoms. The van der Waals surface area contributed by atoms with Gasteiger partial charge in [-0.15, -0.1) is 0 Å². The first kappa shape index (κ1) is 20.7. The van der Waals surface area contributed by atoms with Crippen molar-refractivity contribution in [2.45, 2.75) is 6.18 Å². The quantitative estimate of drug-likeness (QED) is 0.800. The largest absolute Gasteiger partial charge is 0.416 e. The van der Waals surface area contributed by atoms with Crippen LogP contribution in [0.4, 0.5) is 24.5 Å². The molecule has 1 aliphatic rings. The van der Waals surface area contributed by atoms with Crippen LogP contribution < -0.4 is 16.0 Å². The van der Waals surface area contributed by atoms with E-state index in [0.717, 1.165) is 12.1 Å². The molecule has 1 heterocycles. The number of anilines is 2. The van der Waals surface area contributed by atoms with Crippen LogP contribution in [0.2, 0.25) is 0 Å². The maximum Gasteiger partial charge on any atom is 0.416 e. The summed E-state index contributed by atoms with van der Waals surface area (Å²) in [4.78, 5) is 27.1. The third kappa shape index (κ3) is 5.47. The molecule has 0 spiro atoms. The van der Waals surface area contributed by atoms with Gasteiger partial charge in [-0.2, -0.15) is 13.2 Å². The van der Waals surface area contributed by atoms with E-state index in [0.29, 0.717) is 43.1 Å². The van der Waals surface area contributed by atoms with Crippen LogP contribution in [0.15, 0.2) is 48.5 Å². The normalized spacial score (nSPS) is 15.2. The summed E-state index contributed by atoms with van der Waals surface area (Å²) in [5, 5.41) is 2.75. The van der Waals surface area contributed by atoms with Gasteiger partial charge in [-0.25, -0.2) is 0 Å². The third-order valence-corrected chi connectivity index (χ3v) is 4.73. The van der Waals surface area contributed by atoms with Crippen molar-refractivity contribution >= 4 is 23.2 Å². The average Bonchev–Trinajstić information content (AvgIpc) is 2.68. The predicted molar refractivity (Wildman–Crippen MR) is 104 cm³/mol. The first-order chi connectivity index (χ1) is 13.7. The van der Waals surface area contributed by atoms with Gasteiger partial charge in [0.25, 0.3) is 0 Å². The first-order valence-electron chi connectivity index (χ1n) is 9.06. The van der Waals surface area contributed by atoms with E-state index in [-0.39, 0.29) is 12.5 Å². The number of nitrogens with zero attached hydrogens (tertiary/aromatic N) is 2. The fourth-order valence-electron chi connectivity index (χ4n) is 3.16. The Balaban J connectivity index is 1.50. The average molecular weight is 406 g/mol. The maximum absolute atomic E-state index is 12.9. The number of amides is 2. The highest BCUT2D eigenvalue weighted by atomic mass is 19.4. The zero-order valence-electron chi connectivity index (χ0n) is 15.6. The minimum absolute atomic E-state index is 0.175. The molecule has 1 fully saturated rings. The van der Waals surface area contributed by atoms with Crippen LogP contribution >= 0.6 is 0 Å². The first-order valence-corrected chi connectivity index (χ1v) is 9.06. The molecule has 9 heteroatoms. The smallest absolute Gasteiger partial charge is 0.369 e. The monoisotopic (exact) mass is 406 g/mol. The van der Waals surface area contributed by atoms with Gasteiger partial charge < -0.3 is 16.0 Å². The van der Waals surface area contributed by atoms with E-state index in [1.54, 1.807) is 18.2 Å². The molecule has 0 radical (unpaired) electrons. The van der Waals surface area contributed by atoms with Gasteiger partial charge in [0, 0.05) is 43.1 Å². The molecule has 154 valence electrons. The van der Waals surface area contributed by atoms with Gasteiger partial charge in [-0.05, 0) is 42.5 Å². The summed E-state index contributed by atoms with van der Waals surface area (Å²) >= 11 is 0. The number of piperazine rings is 1. The van der Waals surface area contributed by atoms with E-state index in [4.69, 9.17) is 5.73 Å². The topological polar surface area (TPSA) is 78.7 Å². The second-order valence-electron chi connectivity index (χ2n) is 6.80. The minimum Gasteiger partial charge on any atom is -0.369 e. The Morgan fingerprint density at radius 2 is 1.66 bits per heavy atom. The van der Waals surface area contributed by atoms with Crippen molar-refractivity contribution in [2.24, 2.45) is 5.73 Å². The number of primary amides is 1. The number of halogens is 3. The summed E-state index contributed by atoms with van der Waals surface area (Å²) in [6.07, 6.45) is -4.37. The number of nitrogens with one attached hydrogen (secondary N) is 1. The highest BCUT2D eigenvalue weighted by Gasteiger charge is 2.31. The van der Waals surface area contributed by atoms with Gasteiger partial charge in [0.05, 0.1) is 12.1 Å². The molecule has 3 N–H and O–H groups in total. The van der Waals surface area contributed by atoms with Gasteiger partial charge in [0.15, 0.2) is 0 Å². The van der Waals surface area contributed by atoms with Crippen LogP contribution in [0.25, 0.3) is 0 Å². The Morgan fingerprint density at radius 3 is 2.24 bits per heavy atom. The molecule has 29 heavy (non-hydrogen) atoms. The lowest BCUT2D eigenvalue weighted by molar-refractivity contribution is -0.137. The molecule has 2 amide bonds. The Bertz CT molecular complexity index is 876. The van der Waals surface area contributed by atoms with E-state index >= 15 is 0 Å². The van der Waals surface area contributed by atoms with Crippen molar-refractivity contribution in [3.63, 3.8) is 0 Å². The molecule has 0 aliphatic carbocycles. The fourth-order valence-corrected chi connectivity index (χ4v) is 3.16. The van der Waals surface area contributed by atoms with Crippen molar-refractivity contribution in [3.05, 3.63) is 59.7 Å². The number of hydrogen-bond donors (Lipinski definition) is 2. The van der Waals surface area contributed by atoms with Crippen molar-refractivity contribution in [3.8, 4) is 0 Å². The van der Waals surface area contributed by atoms with Crippen LogP contribution in [0, 0.1) is 0 Å². The second kappa shape index (κ2) is 8.52. The van der Waals surface area contributed by atoms with Crippen LogP contribution in [-0.2, 0) is 11.0 Å². The van der Waals surface area contributed by atoms with Gasteiger partial charge in [-0.3, -0.25) is 14.5 Å². The standard InChI is InChI=1S/C20H21F3N4O2/c21-20(22,23)15-2-1-3-17(12-15)27-10-8-26(9-11-27)13-18(28)25-16-6-4-14(5-7-16)19(24)29/h1-7,12H,8-11,13H2,(H2,24,29)(H,25,28).